The van der Waals surface area contributed by atoms with E-state index in [-0.39, 0.29) is 0 Å². The Kier molecular flexibility index (Phi) is 6.24. The first-order valence-electron chi connectivity index (χ1n) is 8.15. The number of aliphatic hydroxyl groups excluding tert-OH is 1. The number of pyridine rings is 2. The average Bonchev–Trinajstić information content (AvgIpc) is 2.60. The molecule has 0 aliphatic carbocycles. The molecule has 0 unspecified atom stereocenters. The van der Waals surface area contributed by atoms with E-state index < -0.39 is 30.2 Å². The Labute approximate surface area is 151 Å². The van der Waals surface area contributed by atoms with Crippen LogP contribution in [0.3, 0.4) is 0 Å². The number of aryl methyl sites for hydroxylation is 1. The number of nitrogens with one attached hydrogen (secondary N) is 2. The fourth-order valence-corrected chi connectivity index (χ4v) is 2.39. The van der Waals surface area contributed by atoms with Crippen molar-refractivity contribution in [3.63, 3.8) is 0 Å². The predicted molar refractivity (Wildman–Crippen MR) is 95.4 cm³/mol. The SMILES string of the molecule is Cc1ccc(-c2ccc([C@@H](C)NC(=O)[C@@H](NC(=O)O)[C@@H](C)O)nc2)cn1. The van der Waals surface area contributed by atoms with Gasteiger partial charge in [-0.2, -0.15) is 0 Å². The number of rotatable bonds is 6. The lowest BCUT2D eigenvalue weighted by Crippen LogP contribution is -2.52. The zero-order valence-electron chi connectivity index (χ0n) is 14.8. The molecule has 2 aromatic rings. The van der Waals surface area contributed by atoms with E-state index in [0.717, 1.165) is 16.8 Å². The van der Waals surface area contributed by atoms with Crippen LogP contribution in [-0.4, -0.2) is 44.3 Å². The number of amides is 2. The summed E-state index contributed by atoms with van der Waals surface area (Å²) in [5.74, 6) is -0.622. The third-order valence-corrected chi connectivity index (χ3v) is 3.88. The molecule has 2 aromatic heterocycles. The number of carbonyl (C=O) groups excluding carboxylic acids is 1. The summed E-state index contributed by atoms with van der Waals surface area (Å²) in [5.41, 5.74) is 3.37. The van der Waals surface area contributed by atoms with Gasteiger partial charge in [-0.15, -0.1) is 0 Å². The molecule has 0 saturated carbocycles. The van der Waals surface area contributed by atoms with Crippen LogP contribution in [0.5, 0.6) is 0 Å². The quantitative estimate of drug-likeness (QED) is 0.622. The molecule has 138 valence electrons. The Morgan fingerprint density at radius 1 is 1.00 bits per heavy atom. The molecule has 0 aliphatic rings. The smallest absolute Gasteiger partial charge is 0.405 e. The van der Waals surface area contributed by atoms with E-state index in [1.165, 1.54) is 6.92 Å². The molecule has 0 aliphatic heterocycles. The van der Waals surface area contributed by atoms with Gasteiger partial charge in [-0.25, -0.2) is 4.79 Å². The summed E-state index contributed by atoms with van der Waals surface area (Å²) in [6, 6.07) is 5.81. The second kappa shape index (κ2) is 8.39. The highest BCUT2D eigenvalue weighted by Crippen LogP contribution is 2.19. The molecule has 2 amide bonds. The third-order valence-electron chi connectivity index (χ3n) is 3.88. The maximum absolute atomic E-state index is 12.2. The van der Waals surface area contributed by atoms with Crippen molar-refractivity contribution in [1.82, 2.24) is 20.6 Å². The number of nitrogens with zero attached hydrogens (tertiary/aromatic N) is 2. The van der Waals surface area contributed by atoms with E-state index in [4.69, 9.17) is 5.11 Å². The summed E-state index contributed by atoms with van der Waals surface area (Å²) in [4.78, 5) is 31.5. The molecule has 0 spiro atoms. The van der Waals surface area contributed by atoms with Crippen LogP contribution in [0.2, 0.25) is 0 Å². The standard InChI is InChI=1S/C18H22N4O4/c1-10-4-5-13(8-19-10)14-6-7-15(20-9-14)11(2)21-17(24)16(12(3)23)22-18(25)26/h4-9,11-12,16,22-23H,1-3H3,(H,21,24)(H,25,26)/t11-,12-,16+/m1/s1. The lowest BCUT2D eigenvalue weighted by atomic mass is 10.1. The maximum atomic E-state index is 12.2. The van der Waals surface area contributed by atoms with Crippen molar-refractivity contribution in [1.29, 1.82) is 0 Å². The van der Waals surface area contributed by atoms with Crippen LogP contribution in [0.15, 0.2) is 36.7 Å². The Morgan fingerprint density at radius 3 is 2.08 bits per heavy atom. The van der Waals surface area contributed by atoms with E-state index in [1.807, 2.05) is 30.4 Å². The molecular weight excluding hydrogens is 336 g/mol. The van der Waals surface area contributed by atoms with Crippen molar-refractivity contribution in [2.45, 2.75) is 39.0 Å². The molecule has 26 heavy (non-hydrogen) atoms. The molecule has 3 atom stereocenters. The molecule has 0 fully saturated rings. The van der Waals surface area contributed by atoms with Gasteiger partial charge in [-0.1, -0.05) is 12.1 Å². The predicted octanol–water partition coefficient (Wildman–Crippen LogP) is 1.65. The minimum Gasteiger partial charge on any atom is -0.465 e. The molecule has 0 aromatic carbocycles. The number of aliphatic hydroxyl groups is 1. The zero-order chi connectivity index (χ0) is 19.3. The number of carbonyl (C=O) groups is 2. The summed E-state index contributed by atoms with van der Waals surface area (Å²) in [7, 11) is 0. The first kappa shape index (κ1) is 19.3. The van der Waals surface area contributed by atoms with E-state index in [2.05, 4.69) is 15.3 Å². The molecule has 8 nitrogen and oxygen atoms in total. The number of hydrogen-bond acceptors (Lipinski definition) is 5. The van der Waals surface area contributed by atoms with Crippen LogP contribution in [0.25, 0.3) is 11.1 Å². The van der Waals surface area contributed by atoms with E-state index in [1.54, 1.807) is 25.4 Å². The van der Waals surface area contributed by atoms with Crippen LogP contribution in [-0.2, 0) is 4.79 Å². The molecule has 0 bridgehead atoms. The van der Waals surface area contributed by atoms with Gasteiger partial charge in [0, 0.05) is 29.2 Å². The Morgan fingerprint density at radius 2 is 1.62 bits per heavy atom. The lowest BCUT2D eigenvalue weighted by Gasteiger charge is -2.22. The topological polar surface area (TPSA) is 124 Å². The minimum atomic E-state index is -1.38. The highest BCUT2D eigenvalue weighted by Gasteiger charge is 2.26. The second-order valence-electron chi connectivity index (χ2n) is 6.06. The maximum Gasteiger partial charge on any atom is 0.405 e. The van der Waals surface area contributed by atoms with Gasteiger partial charge in [-0.05, 0) is 32.9 Å². The summed E-state index contributed by atoms with van der Waals surface area (Å²) >= 11 is 0. The molecule has 2 heterocycles. The van der Waals surface area contributed by atoms with E-state index in [0.29, 0.717) is 5.69 Å². The van der Waals surface area contributed by atoms with Crippen molar-refractivity contribution in [2.75, 3.05) is 0 Å². The van der Waals surface area contributed by atoms with Crippen molar-refractivity contribution in [3.8, 4) is 11.1 Å². The normalized spacial score (nSPS) is 14.2. The fourth-order valence-electron chi connectivity index (χ4n) is 2.39. The van der Waals surface area contributed by atoms with Gasteiger partial charge < -0.3 is 20.8 Å². The van der Waals surface area contributed by atoms with Gasteiger partial charge in [0.25, 0.3) is 0 Å². The van der Waals surface area contributed by atoms with Gasteiger partial charge in [0.15, 0.2) is 0 Å². The zero-order valence-corrected chi connectivity index (χ0v) is 14.8. The average molecular weight is 358 g/mol. The highest BCUT2D eigenvalue weighted by molar-refractivity contribution is 5.86. The second-order valence-corrected chi connectivity index (χ2v) is 6.06. The van der Waals surface area contributed by atoms with Crippen LogP contribution in [0.1, 0.15) is 31.3 Å². The minimum absolute atomic E-state index is 0.454. The molecule has 0 saturated heterocycles. The Hall–Kier alpha value is -3.00. The van der Waals surface area contributed by atoms with E-state index >= 15 is 0 Å². The van der Waals surface area contributed by atoms with Crippen LogP contribution in [0, 0.1) is 6.92 Å². The third kappa shape index (κ3) is 5.00. The molecule has 4 N–H and O–H groups in total. The number of hydrogen-bond donors (Lipinski definition) is 4. The van der Waals surface area contributed by atoms with Gasteiger partial charge in [0.2, 0.25) is 5.91 Å². The summed E-state index contributed by atoms with van der Waals surface area (Å²) in [6.45, 7) is 4.98. The van der Waals surface area contributed by atoms with Crippen LogP contribution in [0.4, 0.5) is 4.79 Å². The molecular formula is C18H22N4O4. The van der Waals surface area contributed by atoms with Crippen molar-refractivity contribution in [2.24, 2.45) is 0 Å². The first-order valence-corrected chi connectivity index (χ1v) is 8.15. The lowest BCUT2D eigenvalue weighted by molar-refractivity contribution is -0.126. The van der Waals surface area contributed by atoms with Crippen LogP contribution >= 0.6 is 0 Å². The fraction of sp³-hybridized carbons (Fsp3) is 0.333. The molecule has 8 heteroatoms. The summed E-state index contributed by atoms with van der Waals surface area (Å²) in [5, 5.41) is 23.0. The Bertz CT molecular complexity index is 760. The monoisotopic (exact) mass is 358 g/mol. The molecule has 0 radical (unpaired) electrons. The van der Waals surface area contributed by atoms with E-state index in [9.17, 15) is 14.7 Å². The van der Waals surface area contributed by atoms with Crippen molar-refractivity contribution < 1.29 is 19.8 Å². The van der Waals surface area contributed by atoms with Gasteiger partial charge in [0.05, 0.1) is 17.8 Å². The Balaban J connectivity index is 2.07. The van der Waals surface area contributed by atoms with Crippen molar-refractivity contribution in [3.05, 3.63) is 48.0 Å². The van der Waals surface area contributed by atoms with Crippen molar-refractivity contribution >= 4 is 12.0 Å². The number of carboxylic acid groups (broad SMARTS) is 1. The summed E-state index contributed by atoms with van der Waals surface area (Å²) < 4.78 is 0. The first-order chi connectivity index (χ1) is 12.3. The summed E-state index contributed by atoms with van der Waals surface area (Å²) in [6.07, 6.45) is 0.907. The molecule has 2 rings (SSSR count). The largest absolute Gasteiger partial charge is 0.465 e. The van der Waals surface area contributed by atoms with Gasteiger partial charge in [-0.3, -0.25) is 14.8 Å². The number of aromatic nitrogens is 2. The van der Waals surface area contributed by atoms with Crippen LogP contribution < -0.4 is 10.6 Å². The highest BCUT2D eigenvalue weighted by atomic mass is 16.4. The van der Waals surface area contributed by atoms with Gasteiger partial charge >= 0.3 is 6.09 Å². The van der Waals surface area contributed by atoms with Gasteiger partial charge in [0.1, 0.15) is 6.04 Å².